The highest BCUT2D eigenvalue weighted by atomic mass is 32.1. The van der Waals surface area contributed by atoms with Gasteiger partial charge in [0.2, 0.25) is 0 Å². The van der Waals surface area contributed by atoms with Gasteiger partial charge in [0.15, 0.2) is 0 Å². The van der Waals surface area contributed by atoms with Gasteiger partial charge in [-0.15, -0.1) is 0 Å². The molecule has 0 aromatic carbocycles. The molecular weight excluding hydrogens is 142 g/mol. The fourth-order valence-corrected chi connectivity index (χ4v) is 2.06. The van der Waals surface area contributed by atoms with Crippen molar-refractivity contribution in [2.45, 2.75) is 33.6 Å². The molecule has 2 heteroatoms. The van der Waals surface area contributed by atoms with Crippen LogP contribution in [0.25, 0.3) is 0 Å². The molecule has 10 heavy (non-hydrogen) atoms. The lowest BCUT2D eigenvalue weighted by Crippen LogP contribution is -1.85. The van der Waals surface area contributed by atoms with Gasteiger partial charge < -0.3 is 0 Å². The van der Waals surface area contributed by atoms with Gasteiger partial charge in [0.1, 0.15) is 0 Å². The first-order chi connectivity index (χ1) is 4.79. The summed E-state index contributed by atoms with van der Waals surface area (Å²) >= 11 is 1.65. The standard InChI is InChI=1S/C8H13NS/c1-4-7-6(3)9-10-8(7)5-2/h4-5H2,1-3H3. The molecule has 0 bridgehead atoms. The van der Waals surface area contributed by atoms with Crippen molar-refractivity contribution in [1.29, 1.82) is 0 Å². The highest BCUT2D eigenvalue weighted by Gasteiger charge is 2.04. The summed E-state index contributed by atoms with van der Waals surface area (Å²) in [5.41, 5.74) is 2.69. The predicted octanol–water partition coefficient (Wildman–Crippen LogP) is 2.58. The molecule has 0 aliphatic rings. The average Bonchev–Trinajstić information content (AvgIpc) is 2.30. The van der Waals surface area contributed by atoms with Crippen molar-refractivity contribution in [1.82, 2.24) is 4.37 Å². The summed E-state index contributed by atoms with van der Waals surface area (Å²) in [6.07, 6.45) is 2.26. The van der Waals surface area contributed by atoms with Crippen molar-refractivity contribution in [2.75, 3.05) is 0 Å². The van der Waals surface area contributed by atoms with Crippen LogP contribution in [0.5, 0.6) is 0 Å². The van der Waals surface area contributed by atoms with E-state index < -0.39 is 0 Å². The summed E-state index contributed by atoms with van der Waals surface area (Å²) in [6, 6.07) is 0. The minimum absolute atomic E-state index is 1.13. The van der Waals surface area contributed by atoms with Crippen LogP contribution < -0.4 is 0 Å². The SMILES string of the molecule is CCc1snc(C)c1CC. The Labute approximate surface area is 66.3 Å². The van der Waals surface area contributed by atoms with E-state index in [9.17, 15) is 0 Å². The van der Waals surface area contributed by atoms with Gasteiger partial charge in [0, 0.05) is 4.88 Å². The lowest BCUT2D eigenvalue weighted by atomic mass is 10.1. The lowest BCUT2D eigenvalue weighted by molar-refractivity contribution is 1.04. The fraction of sp³-hybridized carbons (Fsp3) is 0.625. The lowest BCUT2D eigenvalue weighted by Gasteiger charge is -1.94. The molecule has 0 radical (unpaired) electrons. The van der Waals surface area contributed by atoms with E-state index in [1.807, 2.05) is 0 Å². The second-order valence-electron chi connectivity index (χ2n) is 2.38. The zero-order valence-corrected chi connectivity index (χ0v) is 7.59. The zero-order chi connectivity index (χ0) is 7.56. The van der Waals surface area contributed by atoms with E-state index in [4.69, 9.17) is 0 Å². The third-order valence-electron chi connectivity index (χ3n) is 1.74. The van der Waals surface area contributed by atoms with Gasteiger partial charge in [0.05, 0.1) is 5.69 Å². The molecule has 1 heterocycles. The molecule has 1 aromatic rings. The average molecular weight is 155 g/mol. The topological polar surface area (TPSA) is 12.9 Å². The highest BCUT2D eigenvalue weighted by Crippen LogP contribution is 2.18. The first-order valence-corrected chi connectivity index (χ1v) is 4.51. The minimum Gasteiger partial charge on any atom is -0.197 e. The van der Waals surface area contributed by atoms with E-state index in [0.29, 0.717) is 0 Å². The third-order valence-corrected chi connectivity index (χ3v) is 2.86. The molecule has 0 N–H and O–H groups in total. The first kappa shape index (κ1) is 7.73. The monoisotopic (exact) mass is 155 g/mol. The second-order valence-corrected chi connectivity index (χ2v) is 3.23. The van der Waals surface area contributed by atoms with E-state index in [2.05, 4.69) is 25.1 Å². The van der Waals surface area contributed by atoms with Gasteiger partial charge in [-0.25, -0.2) is 0 Å². The molecule has 1 rings (SSSR count). The quantitative estimate of drug-likeness (QED) is 0.639. The summed E-state index contributed by atoms with van der Waals surface area (Å²) < 4.78 is 4.30. The summed E-state index contributed by atoms with van der Waals surface area (Å²) in [5.74, 6) is 0. The third kappa shape index (κ3) is 1.21. The number of hydrogen-bond donors (Lipinski definition) is 0. The van der Waals surface area contributed by atoms with Crippen molar-refractivity contribution in [3.63, 3.8) is 0 Å². The summed E-state index contributed by atoms with van der Waals surface area (Å²) in [5, 5.41) is 0. The number of rotatable bonds is 2. The zero-order valence-electron chi connectivity index (χ0n) is 6.77. The molecule has 0 aliphatic carbocycles. The van der Waals surface area contributed by atoms with E-state index in [1.165, 1.54) is 16.1 Å². The molecule has 1 nitrogen and oxygen atoms in total. The Bertz CT molecular complexity index is 215. The van der Waals surface area contributed by atoms with Crippen LogP contribution in [-0.4, -0.2) is 4.37 Å². The van der Waals surface area contributed by atoms with Crippen LogP contribution in [0.2, 0.25) is 0 Å². The Morgan fingerprint density at radius 2 is 2.00 bits per heavy atom. The molecule has 0 amide bonds. The number of hydrogen-bond acceptors (Lipinski definition) is 2. The van der Waals surface area contributed by atoms with Gasteiger partial charge >= 0.3 is 0 Å². The number of aryl methyl sites for hydroxylation is 2. The highest BCUT2D eigenvalue weighted by molar-refractivity contribution is 7.06. The van der Waals surface area contributed by atoms with Crippen molar-refractivity contribution < 1.29 is 0 Å². The van der Waals surface area contributed by atoms with Crippen LogP contribution in [0, 0.1) is 6.92 Å². The minimum atomic E-state index is 1.13. The van der Waals surface area contributed by atoms with Gasteiger partial charge in [-0.2, -0.15) is 4.37 Å². The Kier molecular flexibility index (Phi) is 2.44. The summed E-state index contributed by atoms with van der Waals surface area (Å²) in [4.78, 5) is 1.46. The molecule has 0 fully saturated rings. The van der Waals surface area contributed by atoms with Crippen LogP contribution in [0.15, 0.2) is 0 Å². The summed E-state index contributed by atoms with van der Waals surface area (Å²) in [7, 11) is 0. The maximum absolute atomic E-state index is 4.30. The van der Waals surface area contributed by atoms with Crippen LogP contribution in [0.3, 0.4) is 0 Å². The van der Waals surface area contributed by atoms with E-state index in [1.54, 1.807) is 11.5 Å². The molecule has 0 unspecified atom stereocenters. The number of nitrogens with zero attached hydrogens (tertiary/aromatic N) is 1. The van der Waals surface area contributed by atoms with Crippen molar-refractivity contribution in [3.05, 3.63) is 16.1 Å². The van der Waals surface area contributed by atoms with Crippen LogP contribution in [0.1, 0.15) is 30.0 Å². The molecule has 0 saturated carbocycles. The smallest absolute Gasteiger partial charge is 0.0545 e. The first-order valence-electron chi connectivity index (χ1n) is 3.73. The van der Waals surface area contributed by atoms with Gasteiger partial charge in [0.25, 0.3) is 0 Å². The molecule has 0 spiro atoms. The fourth-order valence-electron chi connectivity index (χ4n) is 1.17. The molecule has 0 saturated heterocycles. The normalized spacial score (nSPS) is 10.3. The van der Waals surface area contributed by atoms with Crippen molar-refractivity contribution in [2.24, 2.45) is 0 Å². The molecule has 0 aliphatic heterocycles. The molecular formula is C8H13NS. The maximum Gasteiger partial charge on any atom is 0.0545 e. The maximum atomic E-state index is 4.30. The Morgan fingerprint density at radius 3 is 2.40 bits per heavy atom. The van der Waals surface area contributed by atoms with Crippen molar-refractivity contribution >= 4 is 11.5 Å². The summed E-state index contributed by atoms with van der Waals surface area (Å²) in [6.45, 7) is 6.47. The Morgan fingerprint density at radius 1 is 1.30 bits per heavy atom. The largest absolute Gasteiger partial charge is 0.197 e. The Hall–Kier alpha value is -0.370. The Balaban J connectivity index is 3.01. The van der Waals surface area contributed by atoms with Crippen LogP contribution in [0.4, 0.5) is 0 Å². The van der Waals surface area contributed by atoms with Crippen LogP contribution >= 0.6 is 11.5 Å². The van der Waals surface area contributed by atoms with Gasteiger partial charge in [-0.3, -0.25) is 0 Å². The molecule has 56 valence electrons. The van der Waals surface area contributed by atoms with Gasteiger partial charge in [-0.1, -0.05) is 13.8 Å². The van der Waals surface area contributed by atoms with Crippen molar-refractivity contribution in [3.8, 4) is 0 Å². The van der Waals surface area contributed by atoms with E-state index >= 15 is 0 Å². The second kappa shape index (κ2) is 3.15. The number of aromatic nitrogens is 1. The van der Waals surface area contributed by atoms with E-state index in [0.717, 1.165) is 12.8 Å². The molecule has 1 aromatic heterocycles. The molecule has 0 atom stereocenters. The van der Waals surface area contributed by atoms with Crippen LogP contribution in [-0.2, 0) is 12.8 Å². The predicted molar refractivity (Wildman–Crippen MR) is 45.6 cm³/mol. The van der Waals surface area contributed by atoms with Gasteiger partial charge in [-0.05, 0) is 36.9 Å². The van der Waals surface area contributed by atoms with E-state index in [-0.39, 0.29) is 0 Å².